The van der Waals surface area contributed by atoms with Crippen LogP contribution in [0.2, 0.25) is 0 Å². The number of allylic oxidation sites excluding steroid dienone is 2. The Kier molecular flexibility index (Phi) is 16.7. The van der Waals surface area contributed by atoms with Crippen molar-refractivity contribution in [1.82, 2.24) is 10.2 Å². The highest BCUT2D eigenvalue weighted by atomic mass is 16.5. The van der Waals surface area contributed by atoms with Crippen molar-refractivity contribution in [1.29, 1.82) is 0 Å². The zero-order chi connectivity index (χ0) is 36.1. The molecule has 0 unspecified atom stereocenters. The quantitative estimate of drug-likeness (QED) is 0.0560. The van der Waals surface area contributed by atoms with Crippen molar-refractivity contribution in [3.05, 3.63) is 23.9 Å². The fourth-order valence-electron chi connectivity index (χ4n) is 11.4. The van der Waals surface area contributed by atoms with Gasteiger partial charge in [0.15, 0.2) is 0 Å². The summed E-state index contributed by atoms with van der Waals surface area (Å²) in [5, 5.41) is 3.47. The van der Waals surface area contributed by atoms with Crippen molar-refractivity contribution in [2.75, 3.05) is 39.3 Å². The van der Waals surface area contributed by atoms with Crippen LogP contribution in [0.15, 0.2) is 23.9 Å². The highest BCUT2D eigenvalue weighted by Crippen LogP contribution is 2.67. The molecule has 0 aromatic heterocycles. The van der Waals surface area contributed by atoms with Gasteiger partial charge in [-0.2, -0.15) is 0 Å². The first-order valence-corrected chi connectivity index (χ1v) is 21.5. The zero-order valence-electron chi connectivity index (χ0n) is 33.4. The standard InChI is InChI=1S/C44H80N4O2/c1-33(2)14-11-15-34(3)39-20-21-40-38-19-18-36-32-37(22-24-43(36,5)41(38)23-25-44(39,40)6)50-42(49)17-8-7-16-35(4)48(31-13-27-46)30-10-9-28-47-29-12-26-45/h18,33-34,37-41,47H,4,7-17,19-32,45-46H2,1-3,5-6H3/t34-,37+,38+,39-,40+,41+,43+,44-/m1/s1. The summed E-state index contributed by atoms with van der Waals surface area (Å²) in [6.07, 6.45) is 24.6. The number of carbonyl (C=O) groups is 1. The van der Waals surface area contributed by atoms with Gasteiger partial charge in [-0.1, -0.05) is 72.1 Å². The predicted molar refractivity (Wildman–Crippen MR) is 212 cm³/mol. The Labute approximate surface area is 308 Å². The van der Waals surface area contributed by atoms with Crippen LogP contribution in [-0.4, -0.2) is 56.2 Å². The number of nitrogens with two attached hydrogens (primary N) is 2. The average molecular weight is 697 g/mol. The van der Waals surface area contributed by atoms with E-state index < -0.39 is 0 Å². The molecule has 0 aromatic carbocycles. The van der Waals surface area contributed by atoms with Crippen LogP contribution in [-0.2, 0) is 9.53 Å². The van der Waals surface area contributed by atoms with Crippen LogP contribution >= 0.6 is 0 Å². The molecule has 5 N–H and O–H groups in total. The molecule has 0 heterocycles. The van der Waals surface area contributed by atoms with Crippen molar-refractivity contribution in [2.24, 2.45) is 57.8 Å². The van der Waals surface area contributed by atoms with E-state index in [2.05, 4.69) is 57.5 Å². The Balaban J connectivity index is 1.19. The molecular weight excluding hydrogens is 617 g/mol. The molecule has 288 valence electrons. The molecule has 0 bridgehead atoms. The lowest BCUT2D eigenvalue weighted by Gasteiger charge is -2.58. The molecule has 0 aromatic rings. The number of unbranched alkanes of at least 4 members (excludes halogenated alkanes) is 2. The minimum Gasteiger partial charge on any atom is -0.462 e. The van der Waals surface area contributed by atoms with Crippen LogP contribution in [0.1, 0.15) is 157 Å². The number of rotatable bonds is 23. The van der Waals surface area contributed by atoms with Crippen LogP contribution in [0.25, 0.3) is 0 Å². The summed E-state index contributed by atoms with van der Waals surface area (Å²) in [6, 6.07) is 0. The molecule has 0 spiro atoms. The third kappa shape index (κ3) is 10.8. The Bertz CT molecular complexity index is 1070. The summed E-state index contributed by atoms with van der Waals surface area (Å²) in [6.45, 7) is 22.5. The van der Waals surface area contributed by atoms with Gasteiger partial charge in [0.05, 0.1) is 0 Å². The minimum atomic E-state index is -0.00595. The molecule has 4 aliphatic rings. The lowest BCUT2D eigenvalue weighted by atomic mass is 9.47. The predicted octanol–water partition coefficient (Wildman–Crippen LogP) is 9.38. The Hall–Kier alpha value is -1.37. The maximum Gasteiger partial charge on any atom is 0.306 e. The van der Waals surface area contributed by atoms with Crippen molar-refractivity contribution >= 4 is 5.97 Å². The maximum absolute atomic E-state index is 13.0. The van der Waals surface area contributed by atoms with Gasteiger partial charge in [-0.15, -0.1) is 0 Å². The molecule has 0 saturated heterocycles. The van der Waals surface area contributed by atoms with Gasteiger partial charge in [0.2, 0.25) is 0 Å². The normalized spacial score (nSPS) is 31.0. The summed E-state index contributed by atoms with van der Waals surface area (Å²) >= 11 is 0. The molecule has 6 heteroatoms. The minimum absolute atomic E-state index is 0.00595. The van der Waals surface area contributed by atoms with Gasteiger partial charge in [-0.25, -0.2) is 0 Å². The molecule has 4 aliphatic carbocycles. The van der Waals surface area contributed by atoms with Crippen molar-refractivity contribution < 1.29 is 9.53 Å². The largest absolute Gasteiger partial charge is 0.462 e. The Morgan fingerprint density at radius 3 is 2.40 bits per heavy atom. The van der Waals surface area contributed by atoms with Crippen LogP contribution in [0, 0.1) is 46.3 Å². The summed E-state index contributed by atoms with van der Waals surface area (Å²) in [4.78, 5) is 15.4. The lowest BCUT2D eigenvalue weighted by Crippen LogP contribution is -2.51. The average Bonchev–Trinajstić information content (AvgIpc) is 3.44. The number of hydrogen-bond donors (Lipinski definition) is 3. The summed E-state index contributed by atoms with van der Waals surface area (Å²) < 4.78 is 6.16. The third-order valence-electron chi connectivity index (χ3n) is 14.3. The van der Waals surface area contributed by atoms with E-state index in [4.69, 9.17) is 16.2 Å². The first-order valence-electron chi connectivity index (χ1n) is 21.5. The third-order valence-corrected chi connectivity index (χ3v) is 14.3. The zero-order valence-corrected chi connectivity index (χ0v) is 33.4. The van der Waals surface area contributed by atoms with E-state index in [0.717, 1.165) is 126 Å². The van der Waals surface area contributed by atoms with Gasteiger partial charge >= 0.3 is 5.97 Å². The van der Waals surface area contributed by atoms with Gasteiger partial charge in [0, 0.05) is 31.6 Å². The van der Waals surface area contributed by atoms with E-state index >= 15 is 0 Å². The number of nitrogens with zero attached hydrogens (tertiary/aromatic N) is 1. The highest BCUT2D eigenvalue weighted by molar-refractivity contribution is 5.69. The number of ether oxygens (including phenoxy) is 1. The second-order valence-electron chi connectivity index (χ2n) is 18.1. The fourth-order valence-corrected chi connectivity index (χ4v) is 11.4. The van der Waals surface area contributed by atoms with Crippen molar-refractivity contribution in [2.45, 2.75) is 163 Å². The number of nitrogens with one attached hydrogen (secondary N) is 1. The molecule has 6 nitrogen and oxygen atoms in total. The van der Waals surface area contributed by atoms with E-state index in [1.54, 1.807) is 5.57 Å². The Morgan fingerprint density at radius 2 is 1.64 bits per heavy atom. The summed E-state index contributed by atoms with van der Waals surface area (Å²) in [5.41, 5.74) is 15.0. The molecular formula is C44H80N4O2. The second kappa shape index (κ2) is 20.2. The van der Waals surface area contributed by atoms with Gasteiger partial charge in [0.1, 0.15) is 6.10 Å². The van der Waals surface area contributed by atoms with E-state index in [-0.39, 0.29) is 12.1 Å². The Morgan fingerprint density at radius 1 is 0.900 bits per heavy atom. The smallest absolute Gasteiger partial charge is 0.306 e. The first kappa shape index (κ1) is 41.4. The highest BCUT2D eigenvalue weighted by Gasteiger charge is 2.59. The number of fused-ring (bicyclic) bond motifs is 5. The molecule has 3 fully saturated rings. The molecule has 0 amide bonds. The SMILES string of the molecule is C=C(CCCCC(=O)O[C@H]1CC[C@@]2(C)C(=CC[C@H]3[C@@H]4CC[C@H]([C@H](C)CCCC(C)C)[C@@]4(C)CC[C@@H]32)C1)N(CCCN)CCCCNCCCN. The van der Waals surface area contributed by atoms with Crippen LogP contribution in [0.4, 0.5) is 0 Å². The number of hydrogen-bond acceptors (Lipinski definition) is 6. The first-order chi connectivity index (χ1) is 24.0. The van der Waals surface area contributed by atoms with Gasteiger partial charge < -0.3 is 26.4 Å². The van der Waals surface area contributed by atoms with Crippen LogP contribution in [0.5, 0.6) is 0 Å². The van der Waals surface area contributed by atoms with E-state index in [0.29, 0.717) is 23.8 Å². The molecule has 8 atom stereocenters. The fraction of sp³-hybridized carbons (Fsp3) is 0.886. The maximum atomic E-state index is 13.0. The van der Waals surface area contributed by atoms with Gasteiger partial charge in [0.25, 0.3) is 0 Å². The van der Waals surface area contributed by atoms with Crippen LogP contribution in [0.3, 0.4) is 0 Å². The van der Waals surface area contributed by atoms with E-state index in [1.165, 1.54) is 63.5 Å². The lowest BCUT2D eigenvalue weighted by molar-refractivity contribution is -0.151. The summed E-state index contributed by atoms with van der Waals surface area (Å²) in [7, 11) is 0. The van der Waals surface area contributed by atoms with E-state index in [1.807, 2.05) is 0 Å². The van der Waals surface area contributed by atoms with Crippen molar-refractivity contribution in [3.8, 4) is 0 Å². The van der Waals surface area contributed by atoms with Gasteiger partial charge in [-0.05, 0) is 162 Å². The molecule has 50 heavy (non-hydrogen) atoms. The van der Waals surface area contributed by atoms with Gasteiger partial charge in [-0.3, -0.25) is 4.79 Å². The molecule has 4 rings (SSSR count). The second-order valence-corrected chi connectivity index (χ2v) is 18.1. The topological polar surface area (TPSA) is 93.6 Å². The molecule has 0 aliphatic heterocycles. The number of esters is 1. The molecule has 3 saturated carbocycles. The van der Waals surface area contributed by atoms with Crippen molar-refractivity contribution in [3.63, 3.8) is 0 Å². The molecule has 0 radical (unpaired) electrons. The summed E-state index contributed by atoms with van der Waals surface area (Å²) in [5.74, 6) is 5.13. The number of carbonyl (C=O) groups excluding carboxylic acids is 1. The van der Waals surface area contributed by atoms with E-state index in [9.17, 15) is 4.79 Å². The van der Waals surface area contributed by atoms with Crippen LogP contribution < -0.4 is 16.8 Å². The monoisotopic (exact) mass is 697 g/mol.